The Morgan fingerprint density at radius 1 is 1.14 bits per heavy atom. The highest BCUT2D eigenvalue weighted by atomic mass is 16.1. The SMILES string of the molecule is O=Cc1ccc(CC2CCCC2)cc1. The number of carbonyl (C=O) groups is 1. The standard InChI is InChI=1S/C13H16O/c14-10-13-7-5-12(6-8-13)9-11-3-1-2-4-11/h5-8,10-11H,1-4,9H2. The monoisotopic (exact) mass is 188 g/mol. The first-order chi connectivity index (χ1) is 6.88. The third-order valence-electron chi connectivity index (χ3n) is 3.11. The van der Waals surface area contributed by atoms with Gasteiger partial charge in [0.15, 0.2) is 0 Å². The summed E-state index contributed by atoms with van der Waals surface area (Å²) in [7, 11) is 0. The zero-order valence-corrected chi connectivity index (χ0v) is 8.41. The fourth-order valence-electron chi connectivity index (χ4n) is 2.28. The van der Waals surface area contributed by atoms with Crippen molar-refractivity contribution >= 4 is 6.29 Å². The summed E-state index contributed by atoms with van der Waals surface area (Å²) in [5.41, 5.74) is 2.16. The average molecular weight is 188 g/mol. The van der Waals surface area contributed by atoms with E-state index in [0.29, 0.717) is 0 Å². The van der Waals surface area contributed by atoms with Crippen LogP contribution in [0.4, 0.5) is 0 Å². The first-order valence-electron chi connectivity index (χ1n) is 5.42. The van der Waals surface area contributed by atoms with Crippen LogP contribution in [0, 0.1) is 5.92 Å². The molecule has 1 aromatic rings. The Morgan fingerprint density at radius 2 is 1.79 bits per heavy atom. The normalized spacial score (nSPS) is 17.1. The smallest absolute Gasteiger partial charge is 0.150 e. The average Bonchev–Trinajstić information content (AvgIpc) is 2.72. The zero-order valence-electron chi connectivity index (χ0n) is 8.41. The molecule has 1 aliphatic rings. The van der Waals surface area contributed by atoms with Crippen molar-refractivity contribution in [2.75, 3.05) is 0 Å². The van der Waals surface area contributed by atoms with E-state index in [1.54, 1.807) is 0 Å². The molecule has 0 heterocycles. The van der Waals surface area contributed by atoms with Crippen LogP contribution in [0.2, 0.25) is 0 Å². The Balaban J connectivity index is 1.98. The number of aldehydes is 1. The predicted molar refractivity (Wildman–Crippen MR) is 57.5 cm³/mol. The fourth-order valence-corrected chi connectivity index (χ4v) is 2.28. The molecule has 1 nitrogen and oxygen atoms in total. The summed E-state index contributed by atoms with van der Waals surface area (Å²) >= 11 is 0. The quantitative estimate of drug-likeness (QED) is 0.665. The molecule has 0 aliphatic heterocycles. The van der Waals surface area contributed by atoms with Gasteiger partial charge in [-0.1, -0.05) is 49.9 Å². The van der Waals surface area contributed by atoms with Crippen molar-refractivity contribution in [3.05, 3.63) is 35.4 Å². The van der Waals surface area contributed by atoms with E-state index in [0.717, 1.165) is 17.8 Å². The van der Waals surface area contributed by atoms with Gasteiger partial charge in [-0.15, -0.1) is 0 Å². The van der Waals surface area contributed by atoms with Crippen LogP contribution in [0.3, 0.4) is 0 Å². The Hall–Kier alpha value is -1.11. The van der Waals surface area contributed by atoms with Gasteiger partial charge < -0.3 is 0 Å². The lowest BCUT2D eigenvalue weighted by molar-refractivity contribution is 0.112. The van der Waals surface area contributed by atoms with Crippen LogP contribution in [0.25, 0.3) is 0 Å². The van der Waals surface area contributed by atoms with E-state index < -0.39 is 0 Å². The second kappa shape index (κ2) is 4.41. The lowest BCUT2D eigenvalue weighted by Crippen LogP contribution is -1.98. The molecule has 0 radical (unpaired) electrons. The van der Waals surface area contributed by atoms with Gasteiger partial charge in [0, 0.05) is 5.56 Å². The highest BCUT2D eigenvalue weighted by Crippen LogP contribution is 2.27. The summed E-state index contributed by atoms with van der Waals surface area (Å²) in [6.07, 6.45) is 7.66. The molecule has 0 spiro atoms. The maximum absolute atomic E-state index is 10.5. The molecule has 1 aromatic carbocycles. The molecule has 0 atom stereocenters. The van der Waals surface area contributed by atoms with Crippen molar-refractivity contribution in [1.29, 1.82) is 0 Å². The van der Waals surface area contributed by atoms with Gasteiger partial charge in [-0.05, 0) is 17.9 Å². The topological polar surface area (TPSA) is 17.1 Å². The molecule has 0 saturated heterocycles. The van der Waals surface area contributed by atoms with Crippen molar-refractivity contribution in [3.63, 3.8) is 0 Å². The second-order valence-corrected chi connectivity index (χ2v) is 4.21. The highest BCUT2D eigenvalue weighted by Gasteiger charge is 2.14. The van der Waals surface area contributed by atoms with Crippen molar-refractivity contribution in [1.82, 2.24) is 0 Å². The van der Waals surface area contributed by atoms with E-state index in [2.05, 4.69) is 12.1 Å². The van der Waals surface area contributed by atoms with Crippen molar-refractivity contribution in [2.24, 2.45) is 5.92 Å². The molecule has 2 rings (SSSR count). The molecule has 0 aromatic heterocycles. The van der Waals surface area contributed by atoms with E-state index >= 15 is 0 Å². The first-order valence-corrected chi connectivity index (χ1v) is 5.42. The van der Waals surface area contributed by atoms with Crippen LogP contribution in [0.5, 0.6) is 0 Å². The molecule has 0 unspecified atom stereocenters. The van der Waals surface area contributed by atoms with E-state index in [9.17, 15) is 4.79 Å². The maximum atomic E-state index is 10.5. The molecule has 1 saturated carbocycles. The lowest BCUT2D eigenvalue weighted by Gasteiger charge is -2.08. The summed E-state index contributed by atoms with van der Waals surface area (Å²) in [5, 5.41) is 0. The van der Waals surface area contributed by atoms with Crippen LogP contribution in [-0.4, -0.2) is 6.29 Å². The van der Waals surface area contributed by atoms with Crippen LogP contribution >= 0.6 is 0 Å². The van der Waals surface area contributed by atoms with Gasteiger partial charge in [0.1, 0.15) is 6.29 Å². The van der Waals surface area contributed by atoms with Gasteiger partial charge in [0.05, 0.1) is 0 Å². The van der Waals surface area contributed by atoms with Crippen LogP contribution in [0.1, 0.15) is 41.6 Å². The largest absolute Gasteiger partial charge is 0.298 e. The molecule has 1 aliphatic carbocycles. The van der Waals surface area contributed by atoms with Gasteiger partial charge in [-0.25, -0.2) is 0 Å². The molecule has 14 heavy (non-hydrogen) atoms. The second-order valence-electron chi connectivity index (χ2n) is 4.21. The summed E-state index contributed by atoms with van der Waals surface area (Å²) in [6.45, 7) is 0. The minimum absolute atomic E-state index is 0.778. The Kier molecular flexibility index (Phi) is 2.97. The van der Waals surface area contributed by atoms with Crippen LogP contribution < -0.4 is 0 Å². The first kappa shape index (κ1) is 9.45. The zero-order chi connectivity index (χ0) is 9.80. The number of carbonyl (C=O) groups excluding carboxylic acids is 1. The summed E-state index contributed by atoms with van der Waals surface area (Å²) < 4.78 is 0. The third-order valence-corrected chi connectivity index (χ3v) is 3.11. The van der Waals surface area contributed by atoms with Gasteiger partial charge in [0.25, 0.3) is 0 Å². The van der Waals surface area contributed by atoms with Gasteiger partial charge in [0.2, 0.25) is 0 Å². The van der Waals surface area contributed by atoms with E-state index in [1.165, 1.54) is 37.7 Å². The van der Waals surface area contributed by atoms with Crippen molar-refractivity contribution in [3.8, 4) is 0 Å². The van der Waals surface area contributed by atoms with Gasteiger partial charge >= 0.3 is 0 Å². The van der Waals surface area contributed by atoms with Gasteiger partial charge in [-0.2, -0.15) is 0 Å². The number of rotatable bonds is 3. The molecular weight excluding hydrogens is 172 g/mol. The molecule has 0 bridgehead atoms. The summed E-state index contributed by atoms with van der Waals surface area (Å²) in [6, 6.07) is 8.00. The van der Waals surface area contributed by atoms with Crippen molar-refractivity contribution in [2.45, 2.75) is 32.1 Å². The molecule has 1 heteroatoms. The third kappa shape index (κ3) is 2.22. The Morgan fingerprint density at radius 3 is 2.36 bits per heavy atom. The predicted octanol–water partition coefficient (Wildman–Crippen LogP) is 3.23. The number of hydrogen-bond acceptors (Lipinski definition) is 1. The molecular formula is C13H16O. The molecule has 0 N–H and O–H groups in total. The van der Waals surface area contributed by atoms with E-state index in [1.807, 2.05) is 12.1 Å². The summed E-state index contributed by atoms with van der Waals surface area (Å²) in [5.74, 6) is 0.886. The molecule has 74 valence electrons. The molecule has 0 amide bonds. The molecule has 1 fully saturated rings. The minimum atomic E-state index is 0.778. The van der Waals surface area contributed by atoms with Gasteiger partial charge in [-0.3, -0.25) is 4.79 Å². The van der Waals surface area contributed by atoms with E-state index in [-0.39, 0.29) is 0 Å². The number of benzene rings is 1. The summed E-state index contributed by atoms with van der Waals surface area (Å²) in [4.78, 5) is 10.5. The lowest BCUT2D eigenvalue weighted by atomic mass is 9.97. The minimum Gasteiger partial charge on any atom is -0.298 e. The maximum Gasteiger partial charge on any atom is 0.150 e. The Labute approximate surface area is 85.1 Å². The van der Waals surface area contributed by atoms with E-state index in [4.69, 9.17) is 0 Å². The number of hydrogen-bond donors (Lipinski definition) is 0. The fraction of sp³-hybridized carbons (Fsp3) is 0.462. The van der Waals surface area contributed by atoms with Crippen LogP contribution in [-0.2, 0) is 6.42 Å². The highest BCUT2D eigenvalue weighted by molar-refractivity contribution is 5.74. The van der Waals surface area contributed by atoms with Crippen molar-refractivity contribution < 1.29 is 4.79 Å². The van der Waals surface area contributed by atoms with Crippen LogP contribution in [0.15, 0.2) is 24.3 Å². The Bertz CT molecular complexity index is 294.